The van der Waals surface area contributed by atoms with E-state index in [1.807, 2.05) is 6.07 Å². The van der Waals surface area contributed by atoms with Gasteiger partial charge in [-0.3, -0.25) is 0 Å². The van der Waals surface area contributed by atoms with Crippen LogP contribution in [0.15, 0.2) is 18.2 Å². The molecule has 0 radical (unpaired) electrons. The van der Waals surface area contributed by atoms with Crippen LogP contribution in [0.4, 0.5) is 0 Å². The summed E-state index contributed by atoms with van der Waals surface area (Å²) in [7, 11) is 3.87. The zero-order valence-corrected chi connectivity index (χ0v) is 11.5. The highest BCUT2D eigenvalue weighted by Gasteiger charge is 2.29. The predicted molar refractivity (Wildman–Crippen MR) is 74.1 cm³/mol. The lowest BCUT2D eigenvalue weighted by molar-refractivity contribution is 0.357. The molecular weight excluding hydrogens is 224 g/mol. The van der Waals surface area contributed by atoms with Gasteiger partial charge in [-0.2, -0.15) is 0 Å². The molecule has 1 aromatic carbocycles. The molecule has 3 rings (SSSR count). The summed E-state index contributed by atoms with van der Waals surface area (Å²) in [4.78, 5) is 0. The highest BCUT2D eigenvalue weighted by Crippen LogP contribution is 2.36. The first-order valence-corrected chi connectivity index (χ1v) is 6.42. The largest absolute Gasteiger partial charge is 0.495 e. The van der Waals surface area contributed by atoms with E-state index < -0.39 is 0 Å². The van der Waals surface area contributed by atoms with Crippen molar-refractivity contribution in [2.24, 2.45) is 7.05 Å². The van der Waals surface area contributed by atoms with Crippen LogP contribution in [0.1, 0.15) is 25.1 Å². The number of rotatable bonds is 1. The van der Waals surface area contributed by atoms with Crippen molar-refractivity contribution in [1.29, 1.82) is 0 Å². The SMILES string of the molecule is COc1cccc2c3c(n(C)c12)CNC(C)(C)C3. The molecule has 0 aliphatic carbocycles. The van der Waals surface area contributed by atoms with E-state index >= 15 is 0 Å². The molecule has 96 valence electrons. The molecule has 1 aliphatic rings. The predicted octanol–water partition coefficient (Wildman–Crippen LogP) is 2.61. The summed E-state index contributed by atoms with van der Waals surface area (Å²) < 4.78 is 7.77. The lowest BCUT2D eigenvalue weighted by Crippen LogP contribution is -2.44. The highest BCUT2D eigenvalue weighted by molar-refractivity contribution is 5.90. The van der Waals surface area contributed by atoms with Gasteiger partial charge in [-0.25, -0.2) is 0 Å². The minimum atomic E-state index is 0.171. The molecule has 0 atom stereocenters. The summed E-state index contributed by atoms with van der Waals surface area (Å²) in [5.41, 5.74) is 4.23. The molecule has 0 bridgehead atoms. The molecule has 0 amide bonds. The normalized spacial score (nSPS) is 17.8. The molecule has 0 unspecified atom stereocenters. The Bertz CT molecular complexity index is 610. The Morgan fingerprint density at radius 3 is 2.83 bits per heavy atom. The Hall–Kier alpha value is -1.48. The second-order valence-corrected chi connectivity index (χ2v) is 5.75. The molecule has 0 fully saturated rings. The number of aromatic nitrogens is 1. The molecule has 0 spiro atoms. The van der Waals surface area contributed by atoms with Crippen molar-refractivity contribution in [3.05, 3.63) is 29.5 Å². The zero-order valence-electron chi connectivity index (χ0n) is 11.5. The van der Waals surface area contributed by atoms with Crippen molar-refractivity contribution in [1.82, 2.24) is 9.88 Å². The molecule has 18 heavy (non-hydrogen) atoms. The van der Waals surface area contributed by atoms with Gasteiger partial charge in [0, 0.05) is 30.2 Å². The number of methoxy groups -OCH3 is 1. The van der Waals surface area contributed by atoms with Gasteiger partial charge in [0.15, 0.2) is 0 Å². The Morgan fingerprint density at radius 2 is 2.11 bits per heavy atom. The van der Waals surface area contributed by atoms with Crippen molar-refractivity contribution in [3.63, 3.8) is 0 Å². The molecule has 3 nitrogen and oxygen atoms in total. The first-order chi connectivity index (χ1) is 8.53. The number of hydrogen-bond donors (Lipinski definition) is 1. The second kappa shape index (κ2) is 3.75. The fourth-order valence-corrected chi connectivity index (χ4v) is 3.02. The molecule has 0 saturated carbocycles. The van der Waals surface area contributed by atoms with Crippen LogP contribution in [0.25, 0.3) is 10.9 Å². The molecule has 1 N–H and O–H groups in total. The third-order valence-corrected chi connectivity index (χ3v) is 3.99. The van der Waals surface area contributed by atoms with Gasteiger partial charge in [-0.1, -0.05) is 12.1 Å². The average Bonchev–Trinajstić information content (AvgIpc) is 2.61. The minimum absolute atomic E-state index is 0.171. The van der Waals surface area contributed by atoms with Crippen LogP contribution in [0, 0.1) is 0 Å². The lowest BCUT2D eigenvalue weighted by atomic mass is 9.89. The number of hydrogen-bond acceptors (Lipinski definition) is 2. The first-order valence-electron chi connectivity index (χ1n) is 6.42. The highest BCUT2D eigenvalue weighted by atomic mass is 16.5. The minimum Gasteiger partial charge on any atom is -0.495 e. The van der Waals surface area contributed by atoms with Crippen LogP contribution in [0.2, 0.25) is 0 Å². The van der Waals surface area contributed by atoms with Crippen LogP contribution < -0.4 is 10.1 Å². The second-order valence-electron chi connectivity index (χ2n) is 5.75. The third-order valence-electron chi connectivity index (χ3n) is 3.99. The average molecular weight is 244 g/mol. The number of nitrogens with zero attached hydrogens (tertiary/aromatic N) is 1. The summed E-state index contributed by atoms with van der Waals surface area (Å²) in [5, 5.41) is 4.93. The first kappa shape index (κ1) is 11.6. The standard InChI is InChI=1S/C15H20N2O/c1-15(2)8-11-10-6-5-7-13(18-4)14(10)17(3)12(11)9-16-15/h5-7,16H,8-9H2,1-4H3. The molecule has 3 heteroatoms. The van der Waals surface area contributed by atoms with Crippen LogP contribution in [0.3, 0.4) is 0 Å². The Balaban J connectivity index is 2.31. The van der Waals surface area contributed by atoms with E-state index in [9.17, 15) is 0 Å². The smallest absolute Gasteiger partial charge is 0.143 e. The van der Waals surface area contributed by atoms with Crippen molar-refractivity contribution in [2.45, 2.75) is 32.4 Å². The van der Waals surface area contributed by atoms with Crippen LogP contribution in [0.5, 0.6) is 5.75 Å². The number of para-hydroxylation sites is 1. The van der Waals surface area contributed by atoms with Gasteiger partial charge in [-0.05, 0) is 31.9 Å². The third kappa shape index (κ3) is 1.54. The fraction of sp³-hybridized carbons (Fsp3) is 0.467. The summed E-state index contributed by atoms with van der Waals surface area (Å²) in [6.07, 6.45) is 1.06. The van der Waals surface area contributed by atoms with Gasteiger partial charge in [0.25, 0.3) is 0 Å². The molecule has 2 aromatic rings. The Morgan fingerprint density at radius 1 is 1.33 bits per heavy atom. The van der Waals surface area contributed by atoms with E-state index in [0.717, 1.165) is 18.7 Å². The van der Waals surface area contributed by atoms with Crippen LogP contribution >= 0.6 is 0 Å². The van der Waals surface area contributed by atoms with Gasteiger partial charge in [0.1, 0.15) is 5.75 Å². The van der Waals surface area contributed by atoms with Crippen molar-refractivity contribution >= 4 is 10.9 Å². The number of ether oxygens (including phenoxy) is 1. The van der Waals surface area contributed by atoms with Gasteiger partial charge >= 0.3 is 0 Å². The number of nitrogens with one attached hydrogen (secondary N) is 1. The summed E-state index contributed by atoms with van der Waals surface area (Å²) in [5.74, 6) is 0.960. The van der Waals surface area contributed by atoms with E-state index in [1.165, 1.54) is 22.2 Å². The number of aryl methyl sites for hydroxylation is 1. The summed E-state index contributed by atoms with van der Waals surface area (Å²) >= 11 is 0. The van der Waals surface area contributed by atoms with Gasteiger partial charge in [-0.15, -0.1) is 0 Å². The van der Waals surface area contributed by atoms with Gasteiger partial charge in [0.05, 0.1) is 12.6 Å². The fourth-order valence-electron chi connectivity index (χ4n) is 3.02. The monoisotopic (exact) mass is 244 g/mol. The van der Waals surface area contributed by atoms with E-state index in [4.69, 9.17) is 4.74 Å². The maximum Gasteiger partial charge on any atom is 0.143 e. The quantitative estimate of drug-likeness (QED) is 0.834. The van der Waals surface area contributed by atoms with Gasteiger partial charge in [0.2, 0.25) is 0 Å². The molecule has 1 aromatic heterocycles. The maximum absolute atomic E-state index is 5.50. The Kier molecular flexibility index (Phi) is 2.42. The summed E-state index contributed by atoms with van der Waals surface area (Å²) in [6, 6.07) is 6.32. The Labute approximate surface area is 108 Å². The zero-order chi connectivity index (χ0) is 12.9. The van der Waals surface area contributed by atoms with Crippen molar-refractivity contribution in [3.8, 4) is 5.75 Å². The van der Waals surface area contributed by atoms with Crippen molar-refractivity contribution in [2.75, 3.05) is 7.11 Å². The van der Waals surface area contributed by atoms with E-state index in [0.29, 0.717) is 0 Å². The molecule has 1 aliphatic heterocycles. The molecule has 0 saturated heterocycles. The van der Waals surface area contributed by atoms with E-state index in [2.05, 4.69) is 42.9 Å². The summed E-state index contributed by atoms with van der Waals surface area (Å²) in [6.45, 7) is 5.44. The maximum atomic E-state index is 5.50. The van der Waals surface area contributed by atoms with E-state index in [-0.39, 0.29) is 5.54 Å². The topological polar surface area (TPSA) is 26.2 Å². The van der Waals surface area contributed by atoms with Crippen LogP contribution in [-0.2, 0) is 20.0 Å². The number of benzene rings is 1. The number of fused-ring (bicyclic) bond motifs is 3. The van der Waals surface area contributed by atoms with Gasteiger partial charge < -0.3 is 14.6 Å². The van der Waals surface area contributed by atoms with Crippen molar-refractivity contribution < 1.29 is 4.74 Å². The molecular formula is C15H20N2O. The molecule has 2 heterocycles. The van der Waals surface area contributed by atoms with E-state index in [1.54, 1.807) is 7.11 Å². The lowest BCUT2D eigenvalue weighted by Gasteiger charge is -2.31. The van der Waals surface area contributed by atoms with Crippen LogP contribution in [-0.4, -0.2) is 17.2 Å².